The molecule has 1 fully saturated rings. The Morgan fingerprint density at radius 1 is 1.09 bits per heavy atom. The molecule has 0 aliphatic carbocycles. The molecule has 1 amide bonds. The van der Waals surface area contributed by atoms with Gasteiger partial charge in [0.05, 0.1) is 30.3 Å². The van der Waals surface area contributed by atoms with Crippen LogP contribution in [0.3, 0.4) is 0 Å². The van der Waals surface area contributed by atoms with Crippen LogP contribution in [0, 0.1) is 12.8 Å². The third-order valence-electron chi connectivity index (χ3n) is 5.10. The molecule has 2 aromatic carbocycles. The first-order valence-corrected chi connectivity index (χ1v) is 12.5. The smallest absolute Gasteiger partial charge is 0.338 e. The molecule has 2 aromatic rings. The van der Waals surface area contributed by atoms with Crippen molar-refractivity contribution in [2.75, 3.05) is 44.8 Å². The van der Waals surface area contributed by atoms with E-state index in [4.69, 9.17) is 14.2 Å². The van der Waals surface area contributed by atoms with Gasteiger partial charge in [0, 0.05) is 18.8 Å². The molecule has 1 saturated heterocycles. The number of amides is 1. The fourth-order valence-electron chi connectivity index (χ4n) is 3.18. The number of nitrogens with zero attached hydrogens (tertiary/aromatic N) is 1. The minimum absolute atomic E-state index is 0.0760. The number of rotatable bonds is 9. The Labute approximate surface area is 200 Å². The van der Waals surface area contributed by atoms with Gasteiger partial charge in [0.1, 0.15) is 5.75 Å². The van der Waals surface area contributed by atoms with Gasteiger partial charge in [-0.25, -0.2) is 13.2 Å². The van der Waals surface area contributed by atoms with Gasteiger partial charge < -0.3 is 19.5 Å². The van der Waals surface area contributed by atoms with Crippen molar-refractivity contribution in [3.8, 4) is 5.75 Å². The highest BCUT2D eigenvalue weighted by Crippen LogP contribution is 2.24. The van der Waals surface area contributed by atoms with Crippen molar-refractivity contribution >= 4 is 27.6 Å². The molecule has 1 aliphatic rings. The third-order valence-corrected chi connectivity index (χ3v) is 6.99. The van der Waals surface area contributed by atoms with E-state index in [1.54, 1.807) is 37.3 Å². The molecule has 10 heteroatoms. The second kappa shape index (κ2) is 11.5. The van der Waals surface area contributed by atoms with Crippen molar-refractivity contribution in [2.45, 2.75) is 25.7 Å². The van der Waals surface area contributed by atoms with Crippen LogP contribution < -0.4 is 10.1 Å². The number of hydrogen-bond acceptors (Lipinski definition) is 7. The fourth-order valence-corrected chi connectivity index (χ4v) is 4.62. The van der Waals surface area contributed by atoms with Crippen LogP contribution in [0.2, 0.25) is 0 Å². The maximum atomic E-state index is 12.9. The molecule has 0 aromatic heterocycles. The minimum atomic E-state index is -3.71. The first-order chi connectivity index (χ1) is 16.2. The van der Waals surface area contributed by atoms with E-state index in [-0.39, 0.29) is 18.0 Å². The van der Waals surface area contributed by atoms with Gasteiger partial charge in [0.2, 0.25) is 10.0 Å². The lowest BCUT2D eigenvalue weighted by Gasteiger charge is -2.26. The molecule has 1 N–H and O–H groups in total. The molecule has 0 atom stereocenters. The Bertz CT molecular complexity index is 1110. The average Bonchev–Trinajstić information content (AvgIpc) is 2.83. The van der Waals surface area contributed by atoms with Gasteiger partial charge in [0.15, 0.2) is 6.61 Å². The molecule has 0 unspecified atom stereocenters. The van der Waals surface area contributed by atoms with E-state index < -0.39 is 28.5 Å². The molecule has 0 spiro atoms. The highest BCUT2D eigenvalue weighted by molar-refractivity contribution is 7.89. The van der Waals surface area contributed by atoms with Gasteiger partial charge in [-0.15, -0.1) is 0 Å². The molecular weight excluding hydrogens is 460 g/mol. The largest absolute Gasteiger partial charge is 0.493 e. The summed E-state index contributed by atoms with van der Waals surface area (Å²) in [7, 11) is -3.71. The third kappa shape index (κ3) is 6.78. The van der Waals surface area contributed by atoms with E-state index in [0.717, 1.165) is 0 Å². The van der Waals surface area contributed by atoms with Gasteiger partial charge in [-0.05, 0) is 54.8 Å². The summed E-state index contributed by atoms with van der Waals surface area (Å²) in [5, 5.41) is 2.63. The van der Waals surface area contributed by atoms with Crippen molar-refractivity contribution < 1.29 is 32.2 Å². The molecule has 9 nitrogen and oxygen atoms in total. The lowest BCUT2D eigenvalue weighted by Crippen LogP contribution is -2.40. The Kier molecular flexibility index (Phi) is 8.65. The van der Waals surface area contributed by atoms with Crippen molar-refractivity contribution in [3.05, 3.63) is 53.6 Å². The molecule has 184 valence electrons. The first kappa shape index (κ1) is 25.7. The normalized spacial score (nSPS) is 14.6. The van der Waals surface area contributed by atoms with Crippen molar-refractivity contribution in [1.82, 2.24) is 4.31 Å². The van der Waals surface area contributed by atoms with Gasteiger partial charge in [-0.1, -0.05) is 19.9 Å². The number of hydrogen-bond donors (Lipinski definition) is 1. The number of anilines is 1. The monoisotopic (exact) mass is 490 g/mol. The predicted octanol–water partition coefficient (Wildman–Crippen LogP) is 2.85. The van der Waals surface area contributed by atoms with Crippen LogP contribution in [-0.2, 0) is 24.3 Å². The van der Waals surface area contributed by atoms with Crippen LogP contribution in [0.25, 0.3) is 0 Å². The maximum Gasteiger partial charge on any atom is 0.338 e. The Morgan fingerprint density at radius 3 is 2.41 bits per heavy atom. The topological polar surface area (TPSA) is 111 Å². The summed E-state index contributed by atoms with van der Waals surface area (Å²) in [5.74, 6) is -0.197. The molecule has 34 heavy (non-hydrogen) atoms. The van der Waals surface area contributed by atoms with E-state index in [1.165, 1.54) is 16.4 Å². The number of carbonyl (C=O) groups excluding carboxylic acids is 2. The highest BCUT2D eigenvalue weighted by atomic mass is 32.2. The van der Waals surface area contributed by atoms with E-state index in [2.05, 4.69) is 5.32 Å². The zero-order valence-electron chi connectivity index (χ0n) is 19.6. The quantitative estimate of drug-likeness (QED) is 0.538. The number of sulfonamides is 1. The Balaban J connectivity index is 1.58. The zero-order chi connectivity index (χ0) is 24.7. The summed E-state index contributed by atoms with van der Waals surface area (Å²) in [6, 6.07) is 11.0. The van der Waals surface area contributed by atoms with Crippen molar-refractivity contribution in [1.29, 1.82) is 0 Å². The molecule has 1 heterocycles. The molecule has 0 radical (unpaired) electrons. The second-order valence-corrected chi connectivity index (χ2v) is 10.3. The molecule has 0 bridgehead atoms. The van der Waals surface area contributed by atoms with E-state index in [9.17, 15) is 18.0 Å². The van der Waals surface area contributed by atoms with Crippen LogP contribution >= 0.6 is 0 Å². The van der Waals surface area contributed by atoms with Crippen LogP contribution in [-0.4, -0.2) is 64.1 Å². The van der Waals surface area contributed by atoms with Crippen LogP contribution in [0.4, 0.5) is 5.69 Å². The highest BCUT2D eigenvalue weighted by Gasteiger charge is 2.27. The zero-order valence-corrected chi connectivity index (χ0v) is 20.4. The summed E-state index contributed by atoms with van der Waals surface area (Å²) < 4.78 is 43.0. The molecule has 0 saturated carbocycles. The maximum absolute atomic E-state index is 12.9. The summed E-state index contributed by atoms with van der Waals surface area (Å²) in [6.07, 6.45) is 0. The summed E-state index contributed by atoms with van der Waals surface area (Å²) >= 11 is 0. The lowest BCUT2D eigenvalue weighted by molar-refractivity contribution is -0.119. The first-order valence-electron chi connectivity index (χ1n) is 11.0. The Morgan fingerprint density at radius 2 is 1.76 bits per heavy atom. The number of aryl methyl sites for hydroxylation is 1. The summed E-state index contributed by atoms with van der Waals surface area (Å²) in [6.45, 7) is 7.12. The number of esters is 1. The van der Waals surface area contributed by atoms with Crippen LogP contribution in [0.15, 0.2) is 47.4 Å². The number of nitrogens with one attached hydrogen (secondary N) is 1. The lowest BCUT2D eigenvalue weighted by atomic mass is 10.2. The standard InChI is InChI=1S/C24H30N2O7S/c1-17(2)15-32-20-7-5-19(6-8-20)24(28)33-16-23(27)25-22-14-21(9-4-18(22)3)34(29,30)26-10-12-31-13-11-26/h4-9,14,17H,10-13,15-16H2,1-3H3,(H,25,27). The van der Waals surface area contributed by atoms with E-state index in [0.29, 0.717) is 48.3 Å². The average molecular weight is 491 g/mol. The van der Waals surface area contributed by atoms with Gasteiger partial charge >= 0.3 is 5.97 Å². The van der Waals surface area contributed by atoms with Crippen molar-refractivity contribution in [3.63, 3.8) is 0 Å². The number of benzene rings is 2. The Hall–Kier alpha value is -2.95. The van der Waals surface area contributed by atoms with Crippen molar-refractivity contribution in [2.24, 2.45) is 5.92 Å². The van der Waals surface area contributed by atoms with Gasteiger partial charge in [0.25, 0.3) is 5.91 Å². The fraction of sp³-hybridized carbons (Fsp3) is 0.417. The van der Waals surface area contributed by atoms with Gasteiger partial charge in [-0.2, -0.15) is 4.31 Å². The second-order valence-electron chi connectivity index (χ2n) is 8.35. The SMILES string of the molecule is Cc1ccc(S(=O)(=O)N2CCOCC2)cc1NC(=O)COC(=O)c1ccc(OCC(C)C)cc1. The number of ether oxygens (including phenoxy) is 3. The molecule has 1 aliphatic heterocycles. The summed E-state index contributed by atoms with van der Waals surface area (Å²) in [4.78, 5) is 24.7. The van der Waals surface area contributed by atoms with E-state index >= 15 is 0 Å². The summed E-state index contributed by atoms with van der Waals surface area (Å²) in [5.41, 5.74) is 1.30. The predicted molar refractivity (Wildman–Crippen MR) is 126 cm³/mol. The van der Waals surface area contributed by atoms with E-state index in [1.807, 2.05) is 13.8 Å². The number of morpholine rings is 1. The minimum Gasteiger partial charge on any atom is -0.493 e. The number of carbonyl (C=O) groups is 2. The van der Waals surface area contributed by atoms with Crippen LogP contribution in [0.1, 0.15) is 29.8 Å². The molecular formula is C24H30N2O7S. The van der Waals surface area contributed by atoms with Crippen LogP contribution in [0.5, 0.6) is 5.75 Å². The van der Waals surface area contributed by atoms with Gasteiger partial charge in [-0.3, -0.25) is 4.79 Å². The molecule has 3 rings (SSSR count).